The molecule has 3 rings (SSSR count). The summed E-state index contributed by atoms with van der Waals surface area (Å²) in [6.07, 6.45) is 3.46. The van der Waals surface area contributed by atoms with Gasteiger partial charge in [-0.3, -0.25) is 4.79 Å². The monoisotopic (exact) mass is 321 g/mol. The summed E-state index contributed by atoms with van der Waals surface area (Å²) in [6.45, 7) is 1.06. The zero-order valence-electron chi connectivity index (χ0n) is 13.5. The van der Waals surface area contributed by atoms with E-state index >= 15 is 0 Å². The summed E-state index contributed by atoms with van der Waals surface area (Å²) < 4.78 is 6.97. The topological polar surface area (TPSA) is 56.1 Å². The minimum absolute atomic E-state index is 0.188. The van der Waals surface area contributed by atoms with Gasteiger partial charge in [0.15, 0.2) is 5.82 Å². The standard InChI is InChI=1S/C19H19N3O2/c1-24-17-9-7-15(8-10-17)13-21-19(23)18-20-11-12-22(18)14-16-5-3-2-4-6-16/h2-12H,13-14H2,1H3,(H,21,23). The van der Waals surface area contributed by atoms with E-state index in [4.69, 9.17) is 4.74 Å². The Kier molecular flexibility index (Phi) is 4.91. The van der Waals surface area contributed by atoms with Crippen molar-refractivity contribution < 1.29 is 9.53 Å². The molecule has 0 saturated heterocycles. The maximum Gasteiger partial charge on any atom is 0.287 e. The number of nitrogens with zero attached hydrogens (tertiary/aromatic N) is 2. The van der Waals surface area contributed by atoms with Gasteiger partial charge in [-0.15, -0.1) is 0 Å². The van der Waals surface area contributed by atoms with Crippen LogP contribution in [0.25, 0.3) is 0 Å². The van der Waals surface area contributed by atoms with Crippen molar-refractivity contribution in [2.45, 2.75) is 13.1 Å². The predicted molar refractivity (Wildman–Crippen MR) is 91.9 cm³/mol. The van der Waals surface area contributed by atoms with E-state index in [0.717, 1.165) is 16.9 Å². The van der Waals surface area contributed by atoms with Crippen LogP contribution >= 0.6 is 0 Å². The van der Waals surface area contributed by atoms with Gasteiger partial charge in [-0.05, 0) is 23.3 Å². The molecule has 1 heterocycles. The molecule has 2 aromatic carbocycles. The summed E-state index contributed by atoms with van der Waals surface area (Å²) >= 11 is 0. The molecule has 0 aliphatic carbocycles. The molecule has 0 fully saturated rings. The van der Waals surface area contributed by atoms with E-state index < -0.39 is 0 Å². The molecule has 5 heteroatoms. The third-order valence-electron chi connectivity index (χ3n) is 3.73. The molecule has 0 aliphatic heterocycles. The van der Waals surface area contributed by atoms with Crippen LogP contribution in [0.1, 0.15) is 21.7 Å². The molecule has 24 heavy (non-hydrogen) atoms. The van der Waals surface area contributed by atoms with Crippen LogP contribution in [0.15, 0.2) is 67.0 Å². The number of ether oxygens (including phenoxy) is 1. The smallest absolute Gasteiger partial charge is 0.287 e. The van der Waals surface area contributed by atoms with Gasteiger partial charge >= 0.3 is 0 Å². The van der Waals surface area contributed by atoms with Crippen LogP contribution in [0.3, 0.4) is 0 Å². The largest absolute Gasteiger partial charge is 0.497 e. The Hall–Kier alpha value is -3.08. The lowest BCUT2D eigenvalue weighted by Crippen LogP contribution is -2.26. The molecule has 3 aromatic rings. The van der Waals surface area contributed by atoms with Crippen molar-refractivity contribution in [3.63, 3.8) is 0 Å². The summed E-state index contributed by atoms with van der Waals surface area (Å²) in [5.74, 6) is 1.02. The van der Waals surface area contributed by atoms with E-state index in [9.17, 15) is 4.79 Å². The van der Waals surface area contributed by atoms with Gasteiger partial charge in [0.1, 0.15) is 5.75 Å². The molecule has 122 valence electrons. The van der Waals surface area contributed by atoms with Crippen molar-refractivity contribution in [1.82, 2.24) is 14.9 Å². The first-order valence-corrected chi connectivity index (χ1v) is 7.72. The molecule has 1 amide bonds. The van der Waals surface area contributed by atoms with Gasteiger partial charge in [0, 0.05) is 25.5 Å². The van der Waals surface area contributed by atoms with E-state index in [-0.39, 0.29) is 5.91 Å². The Labute approximate surface area is 140 Å². The molecule has 0 spiro atoms. The van der Waals surface area contributed by atoms with E-state index in [1.807, 2.05) is 65.4 Å². The number of benzene rings is 2. The molecule has 0 radical (unpaired) electrons. The van der Waals surface area contributed by atoms with Crippen molar-refractivity contribution in [3.8, 4) is 5.75 Å². The number of methoxy groups -OCH3 is 1. The Bertz CT molecular complexity index is 795. The molecule has 0 bridgehead atoms. The molecular weight excluding hydrogens is 302 g/mol. The molecule has 1 aromatic heterocycles. The average Bonchev–Trinajstić information content (AvgIpc) is 3.09. The van der Waals surface area contributed by atoms with Gasteiger partial charge in [-0.1, -0.05) is 42.5 Å². The highest BCUT2D eigenvalue weighted by Gasteiger charge is 2.12. The minimum Gasteiger partial charge on any atom is -0.497 e. The lowest BCUT2D eigenvalue weighted by Gasteiger charge is -2.09. The van der Waals surface area contributed by atoms with Crippen molar-refractivity contribution in [3.05, 3.63) is 83.9 Å². The number of amides is 1. The maximum atomic E-state index is 12.4. The lowest BCUT2D eigenvalue weighted by atomic mass is 10.2. The van der Waals surface area contributed by atoms with Crippen LogP contribution in [0.5, 0.6) is 5.75 Å². The quantitative estimate of drug-likeness (QED) is 0.759. The summed E-state index contributed by atoms with van der Waals surface area (Å²) in [6, 6.07) is 17.6. The third-order valence-corrected chi connectivity index (χ3v) is 3.73. The summed E-state index contributed by atoms with van der Waals surface area (Å²) in [7, 11) is 1.63. The van der Waals surface area contributed by atoms with E-state index in [0.29, 0.717) is 18.9 Å². The Morgan fingerprint density at radius 2 is 1.83 bits per heavy atom. The van der Waals surface area contributed by atoms with Crippen LogP contribution in [0.4, 0.5) is 0 Å². The summed E-state index contributed by atoms with van der Waals surface area (Å²) in [5, 5.41) is 2.90. The van der Waals surface area contributed by atoms with Crippen LogP contribution in [-0.2, 0) is 13.1 Å². The Balaban J connectivity index is 1.64. The molecule has 1 N–H and O–H groups in total. The lowest BCUT2D eigenvalue weighted by molar-refractivity contribution is 0.0936. The number of aromatic nitrogens is 2. The van der Waals surface area contributed by atoms with Gasteiger partial charge in [-0.25, -0.2) is 4.98 Å². The normalized spacial score (nSPS) is 10.4. The number of rotatable bonds is 6. The van der Waals surface area contributed by atoms with E-state index in [1.54, 1.807) is 13.3 Å². The zero-order chi connectivity index (χ0) is 16.8. The first-order valence-electron chi connectivity index (χ1n) is 7.72. The first kappa shape index (κ1) is 15.8. The molecule has 0 atom stereocenters. The van der Waals surface area contributed by atoms with Gasteiger partial charge in [0.25, 0.3) is 5.91 Å². The van der Waals surface area contributed by atoms with Crippen molar-refractivity contribution in [1.29, 1.82) is 0 Å². The third kappa shape index (κ3) is 3.81. The molecular formula is C19H19N3O2. The fourth-order valence-corrected chi connectivity index (χ4v) is 2.43. The SMILES string of the molecule is COc1ccc(CNC(=O)c2nccn2Cc2ccccc2)cc1. The number of hydrogen-bond donors (Lipinski definition) is 1. The predicted octanol–water partition coefficient (Wildman–Crippen LogP) is 2.87. The zero-order valence-corrected chi connectivity index (χ0v) is 13.5. The van der Waals surface area contributed by atoms with Gasteiger partial charge in [-0.2, -0.15) is 0 Å². The minimum atomic E-state index is -0.188. The second-order valence-electron chi connectivity index (χ2n) is 5.40. The van der Waals surface area contributed by atoms with Crippen LogP contribution < -0.4 is 10.1 Å². The second-order valence-corrected chi connectivity index (χ2v) is 5.40. The van der Waals surface area contributed by atoms with Crippen LogP contribution in [0.2, 0.25) is 0 Å². The number of hydrogen-bond acceptors (Lipinski definition) is 3. The summed E-state index contributed by atoms with van der Waals surface area (Å²) in [5.41, 5.74) is 2.13. The second kappa shape index (κ2) is 7.46. The van der Waals surface area contributed by atoms with Crippen molar-refractivity contribution >= 4 is 5.91 Å². The number of nitrogens with one attached hydrogen (secondary N) is 1. The average molecular weight is 321 g/mol. The molecule has 0 saturated carbocycles. The first-order chi connectivity index (χ1) is 11.8. The van der Waals surface area contributed by atoms with Crippen molar-refractivity contribution in [2.75, 3.05) is 7.11 Å². The highest BCUT2D eigenvalue weighted by Crippen LogP contribution is 2.11. The molecule has 0 aliphatic rings. The van der Waals surface area contributed by atoms with Gasteiger partial charge in [0.2, 0.25) is 0 Å². The van der Waals surface area contributed by atoms with Crippen LogP contribution in [0, 0.1) is 0 Å². The number of imidazole rings is 1. The number of carbonyl (C=O) groups is 1. The highest BCUT2D eigenvalue weighted by atomic mass is 16.5. The Morgan fingerprint density at radius 1 is 1.08 bits per heavy atom. The van der Waals surface area contributed by atoms with Crippen LogP contribution in [-0.4, -0.2) is 22.6 Å². The Morgan fingerprint density at radius 3 is 2.54 bits per heavy atom. The molecule has 5 nitrogen and oxygen atoms in total. The van der Waals surface area contributed by atoms with Crippen molar-refractivity contribution in [2.24, 2.45) is 0 Å². The highest BCUT2D eigenvalue weighted by molar-refractivity contribution is 5.90. The van der Waals surface area contributed by atoms with Gasteiger partial charge in [0.05, 0.1) is 7.11 Å². The van der Waals surface area contributed by atoms with E-state index in [2.05, 4.69) is 10.3 Å². The fourth-order valence-electron chi connectivity index (χ4n) is 2.43. The van der Waals surface area contributed by atoms with E-state index in [1.165, 1.54) is 0 Å². The summed E-state index contributed by atoms with van der Waals surface area (Å²) in [4.78, 5) is 16.6. The molecule has 0 unspecified atom stereocenters. The van der Waals surface area contributed by atoms with Gasteiger partial charge < -0.3 is 14.6 Å². The maximum absolute atomic E-state index is 12.4. The fraction of sp³-hybridized carbons (Fsp3) is 0.158. The number of carbonyl (C=O) groups excluding carboxylic acids is 1.